The number of aromatic nitrogens is 3. The van der Waals surface area contributed by atoms with Gasteiger partial charge >= 0.3 is 0 Å². The first-order valence-electron chi connectivity index (χ1n) is 6.98. The molecule has 2 heterocycles. The maximum absolute atomic E-state index is 12.4. The van der Waals surface area contributed by atoms with Crippen molar-refractivity contribution in [3.8, 4) is 0 Å². The van der Waals surface area contributed by atoms with E-state index in [1.165, 1.54) is 4.68 Å². The Kier molecular flexibility index (Phi) is 3.68. The Bertz CT molecular complexity index is 678. The molecule has 0 bridgehead atoms. The van der Waals surface area contributed by atoms with Crippen LogP contribution in [0.15, 0.2) is 24.4 Å². The number of pyridine rings is 1. The fourth-order valence-electron chi connectivity index (χ4n) is 2.42. The van der Waals surface area contributed by atoms with E-state index in [-0.39, 0.29) is 17.6 Å². The molecule has 5 nitrogen and oxygen atoms in total. The van der Waals surface area contributed by atoms with Gasteiger partial charge in [-0.05, 0) is 37.8 Å². The highest BCUT2D eigenvalue weighted by Gasteiger charge is 2.35. The monoisotopic (exact) mass is 304 g/mol. The van der Waals surface area contributed by atoms with E-state index in [0.717, 1.165) is 24.2 Å². The SMILES string of the molecule is Cc1cccc([C@@H](NC(=O)c2nn(C)cc2Cl)C2CC2)n1. The fraction of sp³-hybridized carbons (Fsp3) is 0.400. The largest absolute Gasteiger partial charge is 0.342 e. The van der Waals surface area contributed by atoms with Gasteiger partial charge in [0.15, 0.2) is 5.69 Å². The molecule has 110 valence electrons. The molecule has 0 saturated heterocycles. The topological polar surface area (TPSA) is 59.8 Å². The van der Waals surface area contributed by atoms with Gasteiger partial charge in [0.25, 0.3) is 5.91 Å². The van der Waals surface area contributed by atoms with Crippen molar-refractivity contribution in [1.82, 2.24) is 20.1 Å². The normalized spacial score (nSPS) is 15.8. The minimum Gasteiger partial charge on any atom is -0.342 e. The molecule has 2 aromatic rings. The number of hydrogen-bond acceptors (Lipinski definition) is 3. The highest BCUT2D eigenvalue weighted by atomic mass is 35.5. The first-order valence-corrected chi connectivity index (χ1v) is 7.36. The standard InChI is InChI=1S/C15H17ClN4O/c1-9-4-3-5-12(17-9)13(10-6-7-10)18-15(21)14-11(16)8-20(2)19-14/h3-5,8,10,13H,6-7H2,1-2H3,(H,18,21)/t13-/m0/s1. The lowest BCUT2D eigenvalue weighted by Crippen LogP contribution is -2.31. The summed E-state index contributed by atoms with van der Waals surface area (Å²) in [6, 6.07) is 5.80. The van der Waals surface area contributed by atoms with Gasteiger partial charge in [-0.1, -0.05) is 17.7 Å². The molecular formula is C15H17ClN4O. The zero-order chi connectivity index (χ0) is 15.0. The number of carbonyl (C=O) groups is 1. The van der Waals surface area contributed by atoms with Crippen LogP contribution >= 0.6 is 11.6 Å². The first-order chi connectivity index (χ1) is 10.0. The second kappa shape index (κ2) is 5.48. The predicted molar refractivity (Wildman–Crippen MR) is 80.1 cm³/mol. The van der Waals surface area contributed by atoms with Gasteiger partial charge in [-0.15, -0.1) is 0 Å². The summed E-state index contributed by atoms with van der Waals surface area (Å²) in [4.78, 5) is 16.9. The Balaban J connectivity index is 1.83. The molecule has 1 aliphatic rings. The van der Waals surface area contributed by atoms with Crippen LogP contribution in [0.3, 0.4) is 0 Å². The van der Waals surface area contributed by atoms with E-state index in [2.05, 4.69) is 15.4 Å². The van der Waals surface area contributed by atoms with Crippen LogP contribution in [0.4, 0.5) is 0 Å². The van der Waals surface area contributed by atoms with Gasteiger partial charge in [0.1, 0.15) is 0 Å². The molecule has 6 heteroatoms. The molecule has 0 spiro atoms. The van der Waals surface area contributed by atoms with Crippen LogP contribution in [-0.4, -0.2) is 20.7 Å². The van der Waals surface area contributed by atoms with Crippen molar-refractivity contribution in [3.63, 3.8) is 0 Å². The van der Waals surface area contributed by atoms with Gasteiger partial charge in [-0.2, -0.15) is 5.10 Å². The van der Waals surface area contributed by atoms with E-state index in [0.29, 0.717) is 10.9 Å². The van der Waals surface area contributed by atoms with Crippen LogP contribution in [0, 0.1) is 12.8 Å². The molecule has 21 heavy (non-hydrogen) atoms. The number of nitrogens with one attached hydrogen (secondary N) is 1. The summed E-state index contributed by atoms with van der Waals surface area (Å²) in [5.74, 6) is 0.201. The van der Waals surface area contributed by atoms with Crippen molar-refractivity contribution in [3.05, 3.63) is 46.5 Å². The average Bonchev–Trinajstić information content (AvgIpc) is 3.21. The summed E-state index contributed by atoms with van der Waals surface area (Å²) in [7, 11) is 1.74. The average molecular weight is 305 g/mol. The Labute approximate surface area is 128 Å². The van der Waals surface area contributed by atoms with Crippen LogP contribution in [-0.2, 0) is 7.05 Å². The maximum atomic E-state index is 12.4. The number of nitrogens with zero attached hydrogens (tertiary/aromatic N) is 3. The zero-order valence-corrected chi connectivity index (χ0v) is 12.8. The van der Waals surface area contributed by atoms with Crippen molar-refractivity contribution in [2.75, 3.05) is 0 Å². The third-order valence-electron chi connectivity index (χ3n) is 3.61. The second-order valence-electron chi connectivity index (χ2n) is 5.49. The maximum Gasteiger partial charge on any atom is 0.273 e. The van der Waals surface area contributed by atoms with Crippen molar-refractivity contribution in [2.24, 2.45) is 13.0 Å². The molecule has 1 fully saturated rings. The molecule has 1 amide bonds. The van der Waals surface area contributed by atoms with Crippen LogP contribution in [0.25, 0.3) is 0 Å². The molecule has 0 unspecified atom stereocenters. The summed E-state index contributed by atoms with van der Waals surface area (Å²) < 4.78 is 1.54. The summed E-state index contributed by atoms with van der Waals surface area (Å²) >= 11 is 6.03. The molecule has 2 aromatic heterocycles. The summed E-state index contributed by atoms with van der Waals surface area (Å²) in [5, 5.41) is 7.50. The molecule has 1 N–H and O–H groups in total. The zero-order valence-electron chi connectivity index (χ0n) is 12.0. The summed E-state index contributed by atoms with van der Waals surface area (Å²) in [6.07, 6.45) is 3.83. The quantitative estimate of drug-likeness (QED) is 0.944. The minimum atomic E-state index is -0.249. The molecule has 0 aliphatic heterocycles. The highest BCUT2D eigenvalue weighted by Crippen LogP contribution is 2.40. The molecule has 0 aromatic carbocycles. The predicted octanol–water partition coefficient (Wildman–Crippen LogP) is 2.66. The lowest BCUT2D eigenvalue weighted by molar-refractivity contribution is 0.0925. The third-order valence-corrected chi connectivity index (χ3v) is 3.88. The summed E-state index contributed by atoms with van der Waals surface area (Å²) in [5.41, 5.74) is 2.11. The second-order valence-corrected chi connectivity index (χ2v) is 5.90. The Hall–Kier alpha value is -1.88. The molecule has 1 saturated carbocycles. The van der Waals surface area contributed by atoms with Gasteiger partial charge < -0.3 is 5.32 Å². The number of aryl methyl sites for hydroxylation is 2. The van der Waals surface area contributed by atoms with Crippen molar-refractivity contribution < 1.29 is 4.79 Å². The first kappa shape index (κ1) is 14.1. The highest BCUT2D eigenvalue weighted by molar-refractivity contribution is 6.33. The van der Waals surface area contributed by atoms with Crippen molar-refractivity contribution in [2.45, 2.75) is 25.8 Å². The third kappa shape index (κ3) is 3.08. The Morgan fingerprint density at radius 1 is 1.48 bits per heavy atom. The minimum absolute atomic E-state index is 0.0736. The van der Waals surface area contributed by atoms with E-state index >= 15 is 0 Å². The van der Waals surface area contributed by atoms with E-state index < -0.39 is 0 Å². The van der Waals surface area contributed by atoms with E-state index in [4.69, 9.17) is 11.6 Å². The van der Waals surface area contributed by atoms with E-state index in [9.17, 15) is 4.79 Å². The van der Waals surface area contributed by atoms with Crippen molar-refractivity contribution in [1.29, 1.82) is 0 Å². The van der Waals surface area contributed by atoms with Crippen LogP contribution in [0.2, 0.25) is 5.02 Å². The number of rotatable bonds is 4. The van der Waals surface area contributed by atoms with Crippen molar-refractivity contribution >= 4 is 17.5 Å². The number of halogens is 1. The van der Waals surface area contributed by atoms with Crippen LogP contribution < -0.4 is 5.32 Å². The number of amides is 1. The molecule has 0 radical (unpaired) electrons. The Morgan fingerprint density at radius 3 is 2.81 bits per heavy atom. The van der Waals surface area contributed by atoms with Gasteiger partial charge in [0, 0.05) is 18.9 Å². The molecular weight excluding hydrogens is 288 g/mol. The smallest absolute Gasteiger partial charge is 0.273 e. The van der Waals surface area contributed by atoms with Crippen LogP contribution in [0.5, 0.6) is 0 Å². The fourth-order valence-corrected chi connectivity index (χ4v) is 2.69. The van der Waals surface area contributed by atoms with E-state index in [1.54, 1.807) is 13.2 Å². The van der Waals surface area contributed by atoms with Gasteiger partial charge in [0.2, 0.25) is 0 Å². The lowest BCUT2D eigenvalue weighted by atomic mass is 10.1. The van der Waals surface area contributed by atoms with Gasteiger partial charge in [-0.3, -0.25) is 14.5 Å². The van der Waals surface area contributed by atoms with Gasteiger partial charge in [-0.25, -0.2) is 0 Å². The van der Waals surface area contributed by atoms with E-state index in [1.807, 2.05) is 25.1 Å². The summed E-state index contributed by atoms with van der Waals surface area (Å²) in [6.45, 7) is 1.95. The Morgan fingerprint density at radius 2 is 2.24 bits per heavy atom. The lowest BCUT2D eigenvalue weighted by Gasteiger charge is -2.17. The number of hydrogen-bond donors (Lipinski definition) is 1. The molecule has 1 aliphatic carbocycles. The molecule has 3 rings (SSSR count). The molecule has 1 atom stereocenters. The van der Waals surface area contributed by atoms with Gasteiger partial charge in [0.05, 0.1) is 16.8 Å². The van der Waals surface area contributed by atoms with Crippen LogP contribution in [0.1, 0.15) is 40.8 Å². The number of carbonyl (C=O) groups excluding carboxylic acids is 1.